The minimum absolute atomic E-state index is 0.285. The summed E-state index contributed by atoms with van der Waals surface area (Å²) in [4.78, 5) is 1.38. The van der Waals surface area contributed by atoms with Crippen LogP contribution in [0, 0.1) is 23.2 Å². The van der Waals surface area contributed by atoms with E-state index in [0.717, 1.165) is 17.8 Å². The van der Waals surface area contributed by atoms with E-state index in [-0.39, 0.29) is 6.04 Å². The molecule has 2 N–H and O–H groups in total. The predicted octanol–water partition coefficient (Wildman–Crippen LogP) is 4.74. The maximum Gasteiger partial charge on any atom is 0.0389 e. The molecule has 4 aliphatic rings. The third-order valence-corrected chi connectivity index (χ3v) is 7.06. The van der Waals surface area contributed by atoms with Gasteiger partial charge in [0, 0.05) is 10.9 Å². The predicted molar refractivity (Wildman–Crippen MR) is 81.1 cm³/mol. The Morgan fingerprint density at radius 1 is 1.16 bits per heavy atom. The first-order valence-electron chi connectivity index (χ1n) is 8.01. The van der Waals surface area contributed by atoms with Gasteiger partial charge in [-0.15, -0.1) is 11.3 Å². The molecule has 1 atom stereocenters. The van der Waals surface area contributed by atoms with E-state index in [1.807, 2.05) is 11.3 Å². The molecule has 1 unspecified atom stereocenters. The Morgan fingerprint density at radius 2 is 1.79 bits per heavy atom. The summed E-state index contributed by atoms with van der Waals surface area (Å²) in [6.45, 7) is 0. The van der Waals surface area contributed by atoms with Crippen molar-refractivity contribution in [3.8, 4) is 0 Å². The first kappa shape index (κ1) is 12.4. The quantitative estimate of drug-likeness (QED) is 0.843. The molecule has 1 nitrogen and oxygen atoms in total. The number of hydrogen-bond acceptors (Lipinski definition) is 2. The lowest BCUT2D eigenvalue weighted by atomic mass is 9.48. The molecule has 0 aromatic carbocycles. The zero-order chi connectivity index (χ0) is 12.9. The van der Waals surface area contributed by atoms with Crippen LogP contribution in [0.4, 0.5) is 0 Å². The standard InChI is InChI=1S/C17H25NS/c18-15(16-2-1-5-19-16)3-4-17-9-12-6-13(10-17)8-14(7-12)11-17/h1-2,5,12-15H,3-4,6-11,18H2. The molecule has 0 amide bonds. The van der Waals surface area contributed by atoms with Gasteiger partial charge in [0.25, 0.3) is 0 Å². The van der Waals surface area contributed by atoms with Gasteiger partial charge in [0.1, 0.15) is 0 Å². The number of nitrogens with two attached hydrogens (primary N) is 1. The average Bonchev–Trinajstić information content (AvgIpc) is 2.88. The summed E-state index contributed by atoms with van der Waals surface area (Å²) in [5, 5.41) is 2.15. The smallest absolute Gasteiger partial charge is 0.0389 e. The van der Waals surface area contributed by atoms with E-state index in [1.165, 1.54) is 37.0 Å². The normalized spacial score (nSPS) is 41.6. The Kier molecular flexibility index (Phi) is 3.00. The Morgan fingerprint density at radius 3 is 2.32 bits per heavy atom. The largest absolute Gasteiger partial charge is 0.323 e. The molecule has 4 aliphatic carbocycles. The summed E-state index contributed by atoms with van der Waals surface area (Å²) in [6.07, 6.45) is 11.8. The van der Waals surface area contributed by atoms with Crippen LogP contribution in [0.25, 0.3) is 0 Å². The highest BCUT2D eigenvalue weighted by molar-refractivity contribution is 7.10. The van der Waals surface area contributed by atoms with Gasteiger partial charge in [-0.3, -0.25) is 0 Å². The van der Waals surface area contributed by atoms with E-state index < -0.39 is 0 Å². The van der Waals surface area contributed by atoms with Crippen LogP contribution < -0.4 is 5.73 Å². The van der Waals surface area contributed by atoms with Crippen molar-refractivity contribution in [2.45, 2.75) is 57.4 Å². The SMILES string of the molecule is NC(CCC12CC3CC(CC(C3)C1)C2)c1cccs1. The fourth-order valence-corrected chi connectivity index (χ4v) is 6.47. The summed E-state index contributed by atoms with van der Waals surface area (Å²) in [7, 11) is 0. The van der Waals surface area contributed by atoms with E-state index in [9.17, 15) is 0 Å². The zero-order valence-corrected chi connectivity index (χ0v) is 12.5. The highest BCUT2D eigenvalue weighted by Crippen LogP contribution is 2.61. The Labute approximate surface area is 120 Å². The van der Waals surface area contributed by atoms with Crippen molar-refractivity contribution in [3.63, 3.8) is 0 Å². The first-order chi connectivity index (χ1) is 9.22. The zero-order valence-electron chi connectivity index (χ0n) is 11.7. The summed E-state index contributed by atoms with van der Waals surface area (Å²) < 4.78 is 0. The molecule has 1 heterocycles. The molecule has 4 bridgehead atoms. The minimum Gasteiger partial charge on any atom is -0.323 e. The lowest BCUT2D eigenvalue weighted by molar-refractivity contribution is -0.0588. The fourth-order valence-electron chi connectivity index (χ4n) is 5.70. The van der Waals surface area contributed by atoms with Gasteiger partial charge >= 0.3 is 0 Å². The third-order valence-electron chi connectivity index (χ3n) is 6.06. The van der Waals surface area contributed by atoms with Crippen LogP contribution in [0.15, 0.2) is 17.5 Å². The second-order valence-electron chi connectivity index (χ2n) is 7.58. The summed E-state index contributed by atoms with van der Waals surface area (Å²) in [5.41, 5.74) is 7.08. The molecular weight excluding hydrogens is 250 g/mol. The molecule has 1 aromatic heterocycles. The van der Waals surface area contributed by atoms with Gasteiger partial charge in [-0.1, -0.05) is 6.07 Å². The number of thiophene rings is 1. The molecule has 0 aliphatic heterocycles. The number of rotatable bonds is 4. The maximum atomic E-state index is 6.38. The van der Waals surface area contributed by atoms with E-state index in [4.69, 9.17) is 5.73 Å². The van der Waals surface area contributed by atoms with Crippen LogP contribution in [0.2, 0.25) is 0 Å². The van der Waals surface area contributed by atoms with Crippen molar-refractivity contribution in [1.82, 2.24) is 0 Å². The molecule has 0 spiro atoms. The lowest BCUT2D eigenvalue weighted by Gasteiger charge is -2.57. The summed E-state index contributed by atoms with van der Waals surface area (Å²) in [5.74, 6) is 3.22. The van der Waals surface area contributed by atoms with E-state index >= 15 is 0 Å². The molecule has 0 radical (unpaired) electrons. The minimum atomic E-state index is 0.285. The van der Waals surface area contributed by atoms with E-state index in [2.05, 4.69) is 17.5 Å². The first-order valence-corrected chi connectivity index (χ1v) is 8.89. The van der Waals surface area contributed by atoms with Crippen LogP contribution >= 0.6 is 11.3 Å². The van der Waals surface area contributed by atoms with Crippen molar-refractivity contribution in [3.05, 3.63) is 22.4 Å². The van der Waals surface area contributed by atoms with Gasteiger partial charge < -0.3 is 5.73 Å². The van der Waals surface area contributed by atoms with Crippen LogP contribution in [0.5, 0.6) is 0 Å². The fraction of sp³-hybridized carbons (Fsp3) is 0.765. The molecule has 5 rings (SSSR count). The molecule has 104 valence electrons. The third kappa shape index (κ3) is 2.27. The van der Waals surface area contributed by atoms with Gasteiger partial charge in [0.15, 0.2) is 0 Å². The van der Waals surface area contributed by atoms with E-state index in [0.29, 0.717) is 5.41 Å². The van der Waals surface area contributed by atoms with Crippen LogP contribution in [-0.2, 0) is 0 Å². The van der Waals surface area contributed by atoms with Gasteiger partial charge in [0.2, 0.25) is 0 Å². The molecular formula is C17H25NS. The van der Waals surface area contributed by atoms with Crippen molar-refractivity contribution in [1.29, 1.82) is 0 Å². The second kappa shape index (κ2) is 4.60. The Hall–Kier alpha value is -0.340. The molecule has 4 fully saturated rings. The van der Waals surface area contributed by atoms with Gasteiger partial charge in [-0.2, -0.15) is 0 Å². The van der Waals surface area contributed by atoms with Crippen molar-refractivity contribution < 1.29 is 0 Å². The topological polar surface area (TPSA) is 26.0 Å². The van der Waals surface area contributed by atoms with Crippen LogP contribution in [0.3, 0.4) is 0 Å². The van der Waals surface area contributed by atoms with Crippen molar-refractivity contribution in [2.24, 2.45) is 28.9 Å². The molecule has 19 heavy (non-hydrogen) atoms. The van der Waals surface area contributed by atoms with Crippen LogP contribution in [0.1, 0.15) is 62.3 Å². The summed E-state index contributed by atoms with van der Waals surface area (Å²) >= 11 is 1.82. The second-order valence-corrected chi connectivity index (χ2v) is 8.56. The maximum absolute atomic E-state index is 6.38. The monoisotopic (exact) mass is 275 g/mol. The Balaban J connectivity index is 1.42. The van der Waals surface area contributed by atoms with E-state index in [1.54, 1.807) is 19.3 Å². The highest BCUT2D eigenvalue weighted by atomic mass is 32.1. The van der Waals surface area contributed by atoms with Gasteiger partial charge in [-0.05, 0) is 86.0 Å². The van der Waals surface area contributed by atoms with Crippen molar-refractivity contribution >= 4 is 11.3 Å². The van der Waals surface area contributed by atoms with Crippen molar-refractivity contribution in [2.75, 3.05) is 0 Å². The van der Waals surface area contributed by atoms with Crippen LogP contribution in [-0.4, -0.2) is 0 Å². The van der Waals surface area contributed by atoms with Gasteiger partial charge in [-0.25, -0.2) is 0 Å². The Bertz CT molecular complexity index is 401. The number of hydrogen-bond donors (Lipinski definition) is 1. The molecule has 1 aromatic rings. The van der Waals surface area contributed by atoms with Gasteiger partial charge in [0.05, 0.1) is 0 Å². The molecule has 2 heteroatoms. The molecule has 0 saturated heterocycles. The summed E-state index contributed by atoms with van der Waals surface area (Å²) in [6, 6.07) is 4.62. The molecule has 4 saturated carbocycles. The highest BCUT2D eigenvalue weighted by Gasteiger charge is 2.50. The lowest BCUT2D eigenvalue weighted by Crippen LogP contribution is -2.46. The average molecular weight is 275 g/mol.